The number of nitrogens with two attached hydrogens (primary N) is 2. The molecule has 1 heterocycles. The van der Waals surface area contributed by atoms with E-state index < -0.39 is 0 Å². The molecule has 0 aromatic heterocycles. The van der Waals surface area contributed by atoms with Crippen LogP contribution in [0.15, 0.2) is 0 Å². The van der Waals surface area contributed by atoms with E-state index in [1.807, 2.05) is 0 Å². The van der Waals surface area contributed by atoms with Crippen molar-refractivity contribution in [2.24, 2.45) is 17.4 Å². The van der Waals surface area contributed by atoms with Crippen molar-refractivity contribution < 1.29 is 9.53 Å². The summed E-state index contributed by atoms with van der Waals surface area (Å²) < 4.78 is 4.64. The molecule has 2 unspecified atom stereocenters. The van der Waals surface area contributed by atoms with Gasteiger partial charge in [-0.1, -0.05) is 0 Å². The third-order valence-corrected chi connectivity index (χ3v) is 3.07. The molecule has 5 heteroatoms. The van der Waals surface area contributed by atoms with Gasteiger partial charge < -0.3 is 21.1 Å². The first-order valence-corrected chi connectivity index (χ1v) is 5.90. The van der Waals surface area contributed by atoms with Gasteiger partial charge in [0.1, 0.15) is 0 Å². The van der Waals surface area contributed by atoms with Gasteiger partial charge in [-0.25, -0.2) is 0 Å². The summed E-state index contributed by atoms with van der Waals surface area (Å²) in [6.07, 6.45) is 2.35. The third kappa shape index (κ3) is 4.47. The normalized spacial score (nSPS) is 26.7. The zero-order valence-corrected chi connectivity index (χ0v) is 10.0. The molecule has 0 radical (unpaired) electrons. The van der Waals surface area contributed by atoms with Gasteiger partial charge in [0, 0.05) is 38.6 Å². The Morgan fingerprint density at radius 1 is 1.50 bits per heavy atom. The summed E-state index contributed by atoms with van der Waals surface area (Å²) in [5.41, 5.74) is 11.5. The quantitative estimate of drug-likeness (QED) is 0.624. The first-order valence-electron chi connectivity index (χ1n) is 5.90. The van der Waals surface area contributed by atoms with Gasteiger partial charge in [0.05, 0.1) is 7.11 Å². The van der Waals surface area contributed by atoms with Gasteiger partial charge in [-0.05, 0) is 18.8 Å². The van der Waals surface area contributed by atoms with Gasteiger partial charge in [0.15, 0.2) is 0 Å². The maximum Gasteiger partial charge on any atom is 0.305 e. The minimum Gasteiger partial charge on any atom is -0.469 e. The fourth-order valence-corrected chi connectivity index (χ4v) is 2.35. The molecule has 0 aliphatic carbocycles. The molecule has 94 valence electrons. The molecule has 0 amide bonds. The van der Waals surface area contributed by atoms with Crippen LogP contribution >= 0.6 is 0 Å². The Kier molecular flexibility index (Phi) is 5.73. The number of piperidine rings is 1. The zero-order valence-electron chi connectivity index (χ0n) is 10.0. The largest absolute Gasteiger partial charge is 0.469 e. The molecule has 5 nitrogen and oxygen atoms in total. The molecule has 0 saturated carbocycles. The van der Waals surface area contributed by atoms with Gasteiger partial charge in [-0.15, -0.1) is 0 Å². The first kappa shape index (κ1) is 13.4. The lowest BCUT2D eigenvalue weighted by atomic mass is 9.91. The lowest BCUT2D eigenvalue weighted by molar-refractivity contribution is -0.141. The van der Waals surface area contributed by atoms with Crippen molar-refractivity contribution in [3.8, 4) is 0 Å². The Balaban J connectivity index is 2.32. The number of rotatable bonds is 5. The molecule has 0 aromatic rings. The molecule has 0 aromatic carbocycles. The Hall–Kier alpha value is -0.650. The number of carbonyl (C=O) groups is 1. The lowest BCUT2D eigenvalue weighted by Gasteiger charge is -2.36. The molecule has 1 fully saturated rings. The topological polar surface area (TPSA) is 81.6 Å². The first-order chi connectivity index (χ1) is 7.65. The summed E-state index contributed by atoms with van der Waals surface area (Å²) in [5, 5.41) is 0. The molecular weight excluding hydrogens is 206 g/mol. The summed E-state index contributed by atoms with van der Waals surface area (Å²) >= 11 is 0. The minimum absolute atomic E-state index is 0.135. The summed E-state index contributed by atoms with van der Waals surface area (Å²) in [4.78, 5) is 13.3. The molecule has 2 atom stereocenters. The van der Waals surface area contributed by atoms with Crippen molar-refractivity contribution >= 4 is 5.97 Å². The van der Waals surface area contributed by atoms with Crippen LogP contribution in [0.25, 0.3) is 0 Å². The number of hydrogen-bond acceptors (Lipinski definition) is 5. The van der Waals surface area contributed by atoms with Gasteiger partial charge in [0.25, 0.3) is 0 Å². The van der Waals surface area contributed by atoms with Crippen molar-refractivity contribution in [1.82, 2.24) is 4.90 Å². The van der Waals surface area contributed by atoms with Gasteiger partial charge in [0.2, 0.25) is 0 Å². The molecular formula is C11H23N3O2. The molecule has 0 bridgehead atoms. The smallest absolute Gasteiger partial charge is 0.305 e. The zero-order chi connectivity index (χ0) is 12.0. The second-order valence-corrected chi connectivity index (χ2v) is 4.52. The van der Waals surface area contributed by atoms with E-state index in [4.69, 9.17) is 11.5 Å². The molecule has 1 rings (SSSR count). The second-order valence-electron chi connectivity index (χ2n) is 4.52. The van der Waals surface area contributed by atoms with E-state index in [0.29, 0.717) is 18.9 Å². The van der Waals surface area contributed by atoms with Crippen LogP contribution in [0.4, 0.5) is 0 Å². The van der Waals surface area contributed by atoms with Crippen LogP contribution in [0, 0.1) is 5.92 Å². The predicted octanol–water partition coefficient (Wildman–Crippen LogP) is -0.452. The Bertz CT molecular complexity index is 223. The maximum atomic E-state index is 11.1. The molecule has 16 heavy (non-hydrogen) atoms. The van der Waals surface area contributed by atoms with E-state index in [9.17, 15) is 4.79 Å². The highest BCUT2D eigenvalue weighted by Crippen LogP contribution is 2.20. The molecule has 1 saturated heterocycles. The average molecular weight is 229 g/mol. The average Bonchev–Trinajstić information content (AvgIpc) is 2.25. The van der Waals surface area contributed by atoms with E-state index >= 15 is 0 Å². The highest BCUT2D eigenvalue weighted by molar-refractivity contribution is 5.69. The van der Waals surface area contributed by atoms with E-state index in [2.05, 4.69) is 9.64 Å². The number of esters is 1. The Labute approximate surface area is 97.1 Å². The molecule has 0 spiro atoms. The monoisotopic (exact) mass is 229 g/mol. The van der Waals surface area contributed by atoms with Crippen LogP contribution in [0.3, 0.4) is 0 Å². The summed E-state index contributed by atoms with van der Waals surface area (Å²) in [5.74, 6) is 0.360. The van der Waals surface area contributed by atoms with Crippen LogP contribution in [0.5, 0.6) is 0 Å². The van der Waals surface area contributed by atoms with Gasteiger partial charge >= 0.3 is 5.97 Å². The number of methoxy groups -OCH3 is 1. The SMILES string of the molecule is COC(=O)CCC1CC(N)CN(CCN)C1. The van der Waals surface area contributed by atoms with E-state index in [-0.39, 0.29) is 12.0 Å². The third-order valence-electron chi connectivity index (χ3n) is 3.07. The van der Waals surface area contributed by atoms with Gasteiger partial charge in [-0.3, -0.25) is 4.79 Å². The van der Waals surface area contributed by atoms with Crippen LogP contribution in [0.2, 0.25) is 0 Å². The number of nitrogens with zero attached hydrogens (tertiary/aromatic N) is 1. The van der Waals surface area contributed by atoms with Gasteiger partial charge in [-0.2, -0.15) is 0 Å². The van der Waals surface area contributed by atoms with Crippen LogP contribution in [-0.4, -0.2) is 50.2 Å². The number of carbonyl (C=O) groups excluding carboxylic acids is 1. The highest BCUT2D eigenvalue weighted by Gasteiger charge is 2.24. The van der Waals surface area contributed by atoms with Crippen molar-refractivity contribution in [2.75, 3.05) is 33.3 Å². The number of likely N-dealkylation sites (tertiary alicyclic amines) is 1. The van der Waals surface area contributed by atoms with Crippen molar-refractivity contribution in [2.45, 2.75) is 25.3 Å². The fourth-order valence-electron chi connectivity index (χ4n) is 2.35. The van der Waals surface area contributed by atoms with E-state index in [1.165, 1.54) is 7.11 Å². The van der Waals surface area contributed by atoms with Crippen LogP contribution in [0.1, 0.15) is 19.3 Å². The fraction of sp³-hybridized carbons (Fsp3) is 0.909. The van der Waals surface area contributed by atoms with E-state index in [1.54, 1.807) is 0 Å². The summed E-state index contributed by atoms with van der Waals surface area (Å²) in [7, 11) is 1.43. The van der Waals surface area contributed by atoms with Crippen molar-refractivity contribution in [3.63, 3.8) is 0 Å². The van der Waals surface area contributed by atoms with E-state index in [0.717, 1.165) is 32.5 Å². The Morgan fingerprint density at radius 3 is 2.88 bits per heavy atom. The van der Waals surface area contributed by atoms with Crippen LogP contribution < -0.4 is 11.5 Å². The molecule has 4 N–H and O–H groups in total. The number of ether oxygens (including phenoxy) is 1. The summed E-state index contributed by atoms with van der Waals surface area (Å²) in [6, 6.07) is 0.211. The molecule has 1 aliphatic heterocycles. The Morgan fingerprint density at radius 2 is 2.25 bits per heavy atom. The molecule has 1 aliphatic rings. The number of hydrogen-bond donors (Lipinski definition) is 2. The lowest BCUT2D eigenvalue weighted by Crippen LogP contribution is -2.48. The standard InChI is InChI=1S/C11H23N3O2/c1-16-11(15)3-2-9-6-10(13)8-14(7-9)5-4-12/h9-10H,2-8,12-13H2,1H3. The highest BCUT2D eigenvalue weighted by atomic mass is 16.5. The van der Waals surface area contributed by atoms with Crippen LogP contribution in [-0.2, 0) is 9.53 Å². The summed E-state index contributed by atoms with van der Waals surface area (Å²) in [6.45, 7) is 3.48. The predicted molar refractivity (Wildman–Crippen MR) is 62.8 cm³/mol. The van der Waals surface area contributed by atoms with Crippen molar-refractivity contribution in [3.05, 3.63) is 0 Å². The second kappa shape index (κ2) is 6.83. The maximum absolute atomic E-state index is 11.1. The van der Waals surface area contributed by atoms with Crippen molar-refractivity contribution in [1.29, 1.82) is 0 Å². The minimum atomic E-state index is -0.135.